The molecule has 1 aromatic carbocycles. The predicted octanol–water partition coefficient (Wildman–Crippen LogP) is 2.00. The first-order valence-corrected chi connectivity index (χ1v) is 6.68. The van der Waals surface area contributed by atoms with Gasteiger partial charge in [0.2, 0.25) is 0 Å². The van der Waals surface area contributed by atoms with Crippen LogP contribution in [0.25, 0.3) is 10.2 Å². The molecule has 0 aliphatic carbocycles. The Hall–Kier alpha value is -1.50. The maximum absolute atomic E-state index is 11.4. The average Bonchev–Trinajstić information content (AvgIpc) is 2.84. The van der Waals surface area contributed by atoms with Gasteiger partial charge < -0.3 is 14.2 Å². The molecule has 0 bridgehead atoms. The van der Waals surface area contributed by atoms with Crippen LogP contribution in [0.3, 0.4) is 0 Å². The summed E-state index contributed by atoms with van der Waals surface area (Å²) in [5.74, 6) is -0.393. The molecule has 0 saturated heterocycles. The van der Waals surface area contributed by atoms with Crippen molar-refractivity contribution in [2.75, 3.05) is 26.9 Å². The highest BCUT2D eigenvalue weighted by atomic mass is 32.1. The lowest BCUT2D eigenvalue weighted by atomic mass is 10.3. The van der Waals surface area contributed by atoms with Crippen molar-refractivity contribution in [3.05, 3.63) is 29.3 Å². The van der Waals surface area contributed by atoms with Gasteiger partial charge in [-0.25, -0.2) is 9.78 Å². The number of fused-ring (bicyclic) bond motifs is 1. The number of methoxy groups -OCH3 is 1. The van der Waals surface area contributed by atoms with Gasteiger partial charge in [0, 0.05) is 7.11 Å². The zero-order valence-corrected chi connectivity index (χ0v) is 11.4. The number of nitrogens with zero attached hydrogens (tertiary/aromatic N) is 1. The second-order valence-corrected chi connectivity index (χ2v) is 4.90. The van der Waals surface area contributed by atoms with E-state index in [1.165, 1.54) is 11.3 Å². The lowest BCUT2D eigenvalue weighted by Crippen LogP contribution is -2.14. The monoisotopic (exact) mass is 281 g/mol. The first-order chi connectivity index (χ1) is 9.29. The third-order valence-electron chi connectivity index (χ3n) is 2.35. The smallest absolute Gasteiger partial charge is 0.332 e. The molecule has 0 unspecified atom stereocenters. The lowest BCUT2D eigenvalue weighted by molar-refractivity contribution is -0.150. The van der Waals surface area contributed by atoms with Crippen molar-refractivity contribution in [1.29, 1.82) is 0 Å². The first kappa shape index (κ1) is 13.9. The summed E-state index contributed by atoms with van der Waals surface area (Å²) in [5.41, 5.74) is 0.926. The van der Waals surface area contributed by atoms with Crippen molar-refractivity contribution >= 4 is 27.5 Å². The highest BCUT2D eigenvalue weighted by Gasteiger charge is 2.07. The van der Waals surface area contributed by atoms with Crippen LogP contribution in [0.15, 0.2) is 24.3 Å². The van der Waals surface area contributed by atoms with Gasteiger partial charge in [-0.1, -0.05) is 12.1 Å². The summed E-state index contributed by atoms with van der Waals surface area (Å²) < 4.78 is 16.0. The normalized spacial score (nSPS) is 10.8. The maximum atomic E-state index is 11.4. The van der Waals surface area contributed by atoms with Crippen molar-refractivity contribution < 1.29 is 19.0 Å². The van der Waals surface area contributed by atoms with E-state index >= 15 is 0 Å². The van der Waals surface area contributed by atoms with Crippen molar-refractivity contribution in [2.45, 2.75) is 6.61 Å². The molecule has 0 atom stereocenters. The van der Waals surface area contributed by atoms with Gasteiger partial charge in [0.05, 0.1) is 23.4 Å². The molecule has 0 fully saturated rings. The van der Waals surface area contributed by atoms with E-state index < -0.39 is 5.97 Å². The van der Waals surface area contributed by atoms with Gasteiger partial charge >= 0.3 is 5.97 Å². The molecule has 0 aliphatic heterocycles. The van der Waals surface area contributed by atoms with Gasteiger partial charge in [0.25, 0.3) is 0 Å². The van der Waals surface area contributed by atoms with Crippen LogP contribution in [0, 0.1) is 0 Å². The van der Waals surface area contributed by atoms with Crippen LogP contribution in [-0.2, 0) is 25.6 Å². The largest absolute Gasteiger partial charge is 0.457 e. The molecule has 19 heavy (non-hydrogen) atoms. The number of ether oxygens (including phenoxy) is 3. The number of hydrogen-bond acceptors (Lipinski definition) is 6. The standard InChI is InChI=1S/C13H15NO4S/c1-16-6-7-17-9-13(15)18-8-12-14-10-4-2-3-5-11(10)19-12/h2-5H,6-9H2,1H3. The molecule has 2 aromatic rings. The van der Waals surface area contributed by atoms with Gasteiger partial charge in [0.1, 0.15) is 18.2 Å². The number of thiazole rings is 1. The first-order valence-electron chi connectivity index (χ1n) is 5.86. The second-order valence-electron chi connectivity index (χ2n) is 3.78. The Labute approximate surface area is 115 Å². The van der Waals surface area contributed by atoms with Gasteiger partial charge in [-0.15, -0.1) is 11.3 Å². The van der Waals surface area contributed by atoms with Gasteiger partial charge in [0.15, 0.2) is 0 Å². The van der Waals surface area contributed by atoms with E-state index in [2.05, 4.69) is 4.98 Å². The third kappa shape index (κ3) is 4.27. The van der Waals surface area contributed by atoms with Crippen LogP contribution < -0.4 is 0 Å². The number of carbonyl (C=O) groups is 1. The van der Waals surface area contributed by atoms with Gasteiger partial charge in [-0.05, 0) is 12.1 Å². The molecule has 6 heteroatoms. The zero-order chi connectivity index (χ0) is 13.5. The fourth-order valence-corrected chi connectivity index (χ4v) is 2.34. The maximum Gasteiger partial charge on any atom is 0.332 e. The summed E-state index contributed by atoms with van der Waals surface area (Å²) >= 11 is 1.52. The number of para-hydroxylation sites is 1. The molecule has 102 valence electrons. The summed E-state index contributed by atoms with van der Waals surface area (Å²) in [5, 5.41) is 0.784. The molecule has 0 amide bonds. The average molecular weight is 281 g/mol. The summed E-state index contributed by atoms with van der Waals surface area (Å²) in [6, 6.07) is 7.82. The number of rotatable bonds is 7. The van der Waals surface area contributed by atoms with E-state index in [-0.39, 0.29) is 13.2 Å². The minimum absolute atomic E-state index is 0.0613. The molecular weight excluding hydrogens is 266 g/mol. The van der Waals surface area contributed by atoms with Crippen LogP contribution in [0.5, 0.6) is 0 Å². The molecule has 5 nitrogen and oxygen atoms in total. The minimum Gasteiger partial charge on any atom is -0.457 e. The van der Waals surface area contributed by atoms with Gasteiger partial charge in [-0.2, -0.15) is 0 Å². The fourth-order valence-electron chi connectivity index (χ4n) is 1.46. The molecule has 2 rings (SSSR count). The summed E-state index contributed by atoms with van der Waals surface area (Å²) in [7, 11) is 1.58. The van der Waals surface area contributed by atoms with E-state index in [1.807, 2.05) is 24.3 Å². The molecular formula is C13H15NO4S. The molecule has 1 heterocycles. The van der Waals surface area contributed by atoms with E-state index in [0.29, 0.717) is 13.2 Å². The highest BCUT2D eigenvalue weighted by molar-refractivity contribution is 7.18. The van der Waals surface area contributed by atoms with Crippen LogP contribution in [0.4, 0.5) is 0 Å². The minimum atomic E-state index is -0.393. The topological polar surface area (TPSA) is 57.7 Å². The van der Waals surface area contributed by atoms with E-state index in [9.17, 15) is 4.79 Å². The van der Waals surface area contributed by atoms with E-state index in [4.69, 9.17) is 14.2 Å². The second kappa shape index (κ2) is 7.18. The summed E-state index contributed by atoms with van der Waals surface area (Å²) in [4.78, 5) is 15.8. The van der Waals surface area contributed by atoms with E-state index in [1.54, 1.807) is 7.11 Å². The molecule has 1 aromatic heterocycles. The highest BCUT2D eigenvalue weighted by Crippen LogP contribution is 2.21. The Bertz CT molecular complexity index is 507. The third-order valence-corrected chi connectivity index (χ3v) is 3.36. The van der Waals surface area contributed by atoms with Gasteiger partial charge in [-0.3, -0.25) is 0 Å². The number of benzene rings is 1. The number of hydrogen-bond donors (Lipinski definition) is 0. The van der Waals surface area contributed by atoms with Crippen molar-refractivity contribution in [3.8, 4) is 0 Å². The van der Waals surface area contributed by atoms with Crippen LogP contribution >= 0.6 is 11.3 Å². The van der Waals surface area contributed by atoms with E-state index in [0.717, 1.165) is 15.2 Å². The Morgan fingerprint density at radius 3 is 2.95 bits per heavy atom. The Balaban J connectivity index is 1.77. The van der Waals surface area contributed by atoms with Crippen LogP contribution in [0.2, 0.25) is 0 Å². The lowest BCUT2D eigenvalue weighted by Gasteiger charge is -2.03. The summed E-state index contributed by atoms with van der Waals surface area (Å²) in [6.45, 7) is 0.970. The molecule has 0 saturated carbocycles. The molecule has 0 radical (unpaired) electrons. The molecule has 0 aliphatic rings. The molecule has 0 spiro atoms. The number of aromatic nitrogens is 1. The summed E-state index contributed by atoms with van der Waals surface area (Å²) in [6.07, 6.45) is 0. The van der Waals surface area contributed by atoms with Crippen molar-refractivity contribution in [1.82, 2.24) is 4.98 Å². The fraction of sp³-hybridized carbons (Fsp3) is 0.385. The Morgan fingerprint density at radius 2 is 2.16 bits per heavy atom. The van der Waals surface area contributed by atoms with Crippen molar-refractivity contribution in [3.63, 3.8) is 0 Å². The SMILES string of the molecule is COCCOCC(=O)OCc1nc2ccccc2s1. The predicted molar refractivity (Wildman–Crippen MR) is 72.1 cm³/mol. The number of carbonyl (C=O) groups excluding carboxylic acids is 1. The number of esters is 1. The van der Waals surface area contributed by atoms with Crippen LogP contribution in [0.1, 0.15) is 5.01 Å². The zero-order valence-electron chi connectivity index (χ0n) is 10.6. The van der Waals surface area contributed by atoms with Crippen LogP contribution in [-0.4, -0.2) is 37.9 Å². The molecule has 0 N–H and O–H groups in total. The Morgan fingerprint density at radius 1 is 1.32 bits per heavy atom. The quantitative estimate of drug-likeness (QED) is 0.574. The van der Waals surface area contributed by atoms with Crippen molar-refractivity contribution in [2.24, 2.45) is 0 Å². The Kier molecular flexibility index (Phi) is 5.26.